The van der Waals surface area contributed by atoms with Gasteiger partial charge in [-0.2, -0.15) is 0 Å². The SMILES string of the molecule is O=C(C[C@@H]1CC[C@@H]2[C@H](COC[C@H](O)CN2C(=O)c2ccccc2)O1)NC1Cc2ccccc2C1. The third-order valence-electron chi connectivity index (χ3n) is 7.09. The first-order chi connectivity index (χ1) is 16.6. The molecule has 2 saturated heterocycles. The van der Waals surface area contributed by atoms with Crippen LogP contribution in [0.15, 0.2) is 54.6 Å². The first-order valence-corrected chi connectivity index (χ1v) is 12.2. The van der Waals surface area contributed by atoms with Gasteiger partial charge in [0.1, 0.15) is 6.10 Å². The van der Waals surface area contributed by atoms with Crippen molar-refractivity contribution in [2.24, 2.45) is 0 Å². The van der Waals surface area contributed by atoms with Gasteiger partial charge in [-0.25, -0.2) is 0 Å². The van der Waals surface area contributed by atoms with Crippen LogP contribution in [0.5, 0.6) is 0 Å². The molecule has 0 saturated carbocycles. The van der Waals surface area contributed by atoms with Crippen molar-refractivity contribution in [2.45, 2.75) is 62.5 Å². The van der Waals surface area contributed by atoms with E-state index < -0.39 is 6.10 Å². The lowest BCUT2D eigenvalue weighted by Gasteiger charge is -2.44. The molecule has 4 atom stereocenters. The predicted octanol–water partition coefficient (Wildman–Crippen LogP) is 2.11. The number of rotatable bonds is 4. The van der Waals surface area contributed by atoms with Crippen molar-refractivity contribution in [3.63, 3.8) is 0 Å². The van der Waals surface area contributed by atoms with Gasteiger partial charge in [-0.1, -0.05) is 42.5 Å². The van der Waals surface area contributed by atoms with E-state index in [1.165, 1.54) is 11.1 Å². The van der Waals surface area contributed by atoms with E-state index in [9.17, 15) is 14.7 Å². The molecule has 1 aliphatic carbocycles. The van der Waals surface area contributed by atoms with Gasteiger partial charge in [-0.15, -0.1) is 0 Å². The van der Waals surface area contributed by atoms with Crippen LogP contribution in [-0.4, -0.2) is 72.0 Å². The molecule has 2 N–H and O–H groups in total. The van der Waals surface area contributed by atoms with Gasteiger partial charge < -0.3 is 24.8 Å². The van der Waals surface area contributed by atoms with Crippen LogP contribution in [0.25, 0.3) is 0 Å². The maximum absolute atomic E-state index is 13.3. The van der Waals surface area contributed by atoms with Gasteiger partial charge >= 0.3 is 0 Å². The maximum Gasteiger partial charge on any atom is 0.254 e. The van der Waals surface area contributed by atoms with Crippen LogP contribution in [0.1, 0.15) is 40.7 Å². The molecule has 180 valence electrons. The summed E-state index contributed by atoms with van der Waals surface area (Å²) in [7, 11) is 0. The number of ether oxygens (including phenoxy) is 2. The van der Waals surface area contributed by atoms with Crippen LogP contribution >= 0.6 is 0 Å². The minimum Gasteiger partial charge on any atom is -0.389 e. The lowest BCUT2D eigenvalue weighted by atomic mass is 9.94. The molecule has 2 aliphatic heterocycles. The third-order valence-corrected chi connectivity index (χ3v) is 7.09. The van der Waals surface area contributed by atoms with Gasteiger partial charge in [0.15, 0.2) is 0 Å². The topological polar surface area (TPSA) is 88.1 Å². The highest BCUT2D eigenvalue weighted by Gasteiger charge is 2.40. The Hall–Kier alpha value is -2.74. The molecule has 0 spiro atoms. The number of hydrogen-bond donors (Lipinski definition) is 2. The Morgan fingerprint density at radius 1 is 0.971 bits per heavy atom. The molecule has 0 radical (unpaired) electrons. The number of nitrogens with zero attached hydrogens (tertiary/aromatic N) is 1. The van der Waals surface area contributed by atoms with Gasteiger partial charge in [0, 0.05) is 18.2 Å². The van der Waals surface area contributed by atoms with Gasteiger partial charge in [-0.05, 0) is 48.9 Å². The Morgan fingerprint density at radius 2 is 1.68 bits per heavy atom. The predicted molar refractivity (Wildman–Crippen MR) is 126 cm³/mol. The summed E-state index contributed by atoms with van der Waals surface area (Å²) in [6, 6.07) is 17.4. The van der Waals surface area contributed by atoms with E-state index in [2.05, 4.69) is 17.4 Å². The van der Waals surface area contributed by atoms with Crippen LogP contribution in [0.2, 0.25) is 0 Å². The Labute approximate surface area is 200 Å². The fourth-order valence-corrected chi connectivity index (χ4v) is 5.48. The molecule has 7 heteroatoms. The van der Waals surface area contributed by atoms with Crippen LogP contribution in [0.3, 0.4) is 0 Å². The number of nitrogens with one attached hydrogen (secondary N) is 1. The average Bonchev–Trinajstić information content (AvgIpc) is 3.24. The molecule has 7 nitrogen and oxygen atoms in total. The van der Waals surface area contributed by atoms with Crippen molar-refractivity contribution in [1.82, 2.24) is 10.2 Å². The summed E-state index contributed by atoms with van der Waals surface area (Å²) in [4.78, 5) is 27.8. The summed E-state index contributed by atoms with van der Waals surface area (Å²) in [5.41, 5.74) is 3.21. The van der Waals surface area contributed by atoms with Crippen molar-refractivity contribution >= 4 is 11.8 Å². The fourth-order valence-electron chi connectivity index (χ4n) is 5.48. The van der Waals surface area contributed by atoms with Gasteiger partial charge in [0.05, 0.1) is 37.9 Å². The molecule has 34 heavy (non-hydrogen) atoms. The molecule has 3 aliphatic rings. The first kappa shape index (κ1) is 23.0. The fraction of sp³-hybridized carbons (Fsp3) is 0.481. The number of aliphatic hydroxyl groups is 1. The normalized spacial score (nSPS) is 27.3. The number of fused-ring (bicyclic) bond motifs is 2. The number of amides is 2. The van der Waals surface area contributed by atoms with Crippen LogP contribution in [0.4, 0.5) is 0 Å². The van der Waals surface area contributed by atoms with E-state index in [1.807, 2.05) is 30.3 Å². The Bertz CT molecular complexity index is 988. The first-order valence-electron chi connectivity index (χ1n) is 12.2. The highest BCUT2D eigenvalue weighted by molar-refractivity contribution is 5.94. The molecule has 5 rings (SSSR count). The molecule has 2 amide bonds. The summed E-state index contributed by atoms with van der Waals surface area (Å²) in [5, 5.41) is 13.5. The Kier molecular flexibility index (Phi) is 6.94. The second-order valence-corrected chi connectivity index (χ2v) is 9.60. The summed E-state index contributed by atoms with van der Waals surface area (Å²) >= 11 is 0. The van der Waals surface area contributed by atoms with E-state index in [1.54, 1.807) is 17.0 Å². The quantitative estimate of drug-likeness (QED) is 0.724. The Morgan fingerprint density at radius 3 is 2.41 bits per heavy atom. The van der Waals surface area contributed by atoms with Gasteiger partial charge in [0.25, 0.3) is 5.91 Å². The Balaban J connectivity index is 1.20. The van der Waals surface area contributed by atoms with Crippen molar-refractivity contribution in [3.05, 3.63) is 71.3 Å². The van der Waals surface area contributed by atoms with Crippen molar-refractivity contribution in [2.75, 3.05) is 19.8 Å². The summed E-state index contributed by atoms with van der Waals surface area (Å²) in [6.07, 6.45) is 2.11. The van der Waals surface area contributed by atoms with E-state index in [0.29, 0.717) is 24.8 Å². The average molecular weight is 465 g/mol. The molecule has 0 bridgehead atoms. The molecule has 2 heterocycles. The number of carbonyl (C=O) groups excluding carboxylic acids is 2. The number of aliphatic hydroxyl groups excluding tert-OH is 1. The summed E-state index contributed by atoms with van der Waals surface area (Å²) in [6.45, 7) is 0.639. The molecule has 0 aromatic heterocycles. The van der Waals surface area contributed by atoms with Crippen LogP contribution in [0, 0.1) is 0 Å². The largest absolute Gasteiger partial charge is 0.389 e. The van der Waals surface area contributed by atoms with Crippen molar-refractivity contribution in [1.29, 1.82) is 0 Å². The van der Waals surface area contributed by atoms with Crippen LogP contribution in [-0.2, 0) is 27.1 Å². The van der Waals surface area contributed by atoms with Crippen LogP contribution < -0.4 is 5.32 Å². The number of hydrogen-bond acceptors (Lipinski definition) is 5. The smallest absolute Gasteiger partial charge is 0.254 e. The zero-order valence-electron chi connectivity index (χ0n) is 19.3. The van der Waals surface area contributed by atoms with E-state index in [0.717, 1.165) is 12.8 Å². The van der Waals surface area contributed by atoms with Gasteiger partial charge in [-0.3, -0.25) is 9.59 Å². The minimum absolute atomic E-state index is 0.000610. The zero-order chi connectivity index (χ0) is 23.5. The molecular weight excluding hydrogens is 432 g/mol. The second-order valence-electron chi connectivity index (χ2n) is 9.60. The van der Waals surface area contributed by atoms with Crippen molar-refractivity contribution in [3.8, 4) is 0 Å². The lowest BCUT2D eigenvalue weighted by molar-refractivity contribution is -0.151. The van der Waals surface area contributed by atoms with E-state index in [-0.39, 0.29) is 55.9 Å². The maximum atomic E-state index is 13.3. The standard InChI is InChI=1S/C27H32N2O5/c30-22-15-29(27(32)18-6-2-1-3-7-18)24-11-10-23(34-25(24)17-33-16-22)14-26(31)28-21-12-19-8-4-5-9-20(19)13-21/h1-9,21-25,30H,10-17H2,(H,28,31)/t22-,23+,24-,25+/m1/s1. The monoisotopic (exact) mass is 464 g/mol. The van der Waals surface area contributed by atoms with Gasteiger partial charge in [0.2, 0.25) is 5.91 Å². The second kappa shape index (κ2) is 10.3. The molecule has 2 fully saturated rings. The molecule has 0 unspecified atom stereocenters. The molecular formula is C27H32N2O5. The molecule has 2 aromatic carbocycles. The lowest BCUT2D eigenvalue weighted by Crippen LogP contribution is -2.57. The third kappa shape index (κ3) is 5.17. The van der Waals surface area contributed by atoms with E-state index in [4.69, 9.17) is 9.47 Å². The molecule has 2 aromatic rings. The number of carbonyl (C=O) groups is 2. The highest BCUT2D eigenvalue weighted by Crippen LogP contribution is 2.29. The minimum atomic E-state index is -0.743. The number of benzene rings is 2. The van der Waals surface area contributed by atoms with Crippen molar-refractivity contribution < 1.29 is 24.2 Å². The summed E-state index contributed by atoms with van der Waals surface area (Å²) < 4.78 is 12.0. The zero-order valence-corrected chi connectivity index (χ0v) is 19.3. The number of β-amino-alcohol motifs (C(OH)–C–C–N with tert-alkyl or cyclic N) is 1. The highest BCUT2D eigenvalue weighted by atomic mass is 16.5. The summed E-state index contributed by atoms with van der Waals surface area (Å²) in [5.74, 6) is -0.113. The van der Waals surface area contributed by atoms with E-state index >= 15 is 0 Å².